The molecule has 0 saturated carbocycles. The molecule has 1 heterocycles. The van der Waals surface area contributed by atoms with E-state index in [1.165, 1.54) is 5.56 Å². The molecule has 4 heteroatoms. The van der Waals surface area contributed by atoms with Gasteiger partial charge in [-0.15, -0.1) is 0 Å². The van der Waals surface area contributed by atoms with Crippen LogP contribution in [0.1, 0.15) is 56.4 Å². The molecule has 0 spiro atoms. The van der Waals surface area contributed by atoms with Crippen molar-refractivity contribution in [3.8, 4) is 0 Å². The van der Waals surface area contributed by atoms with E-state index in [0.717, 1.165) is 30.2 Å². The van der Waals surface area contributed by atoms with Crippen molar-refractivity contribution < 1.29 is 4.74 Å². The quantitative estimate of drug-likeness (QED) is 0.833. The van der Waals surface area contributed by atoms with Gasteiger partial charge in [-0.2, -0.15) is 0 Å². The fourth-order valence-corrected chi connectivity index (χ4v) is 2.45. The van der Waals surface area contributed by atoms with Crippen molar-refractivity contribution in [2.75, 3.05) is 13.7 Å². The lowest BCUT2D eigenvalue weighted by Gasteiger charge is -2.19. The maximum absolute atomic E-state index is 5.29. The third kappa shape index (κ3) is 4.84. The summed E-state index contributed by atoms with van der Waals surface area (Å²) in [6.07, 6.45) is 0.913. The van der Waals surface area contributed by atoms with Gasteiger partial charge >= 0.3 is 0 Å². The molecule has 1 N–H and O–H groups in total. The fourth-order valence-electron chi connectivity index (χ4n) is 2.45. The minimum atomic E-state index is 0.152. The van der Waals surface area contributed by atoms with Crippen LogP contribution in [-0.4, -0.2) is 35.8 Å². The van der Waals surface area contributed by atoms with E-state index in [9.17, 15) is 0 Å². The first-order valence-corrected chi connectivity index (χ1v) is 7.45. The number of hydrogen-bond donors (Lipinski definition) is 1. The zero-order valence-corrected chi connectivity index (χ0v) is 13.9. The molecule has 1 aromatic rings. The van der Waals surface area contributed by atoms with Gasteiger partial charge in [0.05, 0.1) is 6.10 Å². The summed E-state index contributed by atoms with van der Waals surface area (Å²) in [5.74, 6) is 1.30. The van der Waals surface area contributed by atoms with Crippen molar-refractivity contribution in [2.45, 2.75) is 66.0 Å². The summed E-state index contributed by atoms with van der Waals surface area (Å²) in [5.41, 5.74) is 3.45. The number of aromatic nitrogens is 2. The highest BCUT2D eigenvalue weighted by atomic mass is 16.5. The third-order valence-corrected chi connectivity index (χ3v) is 3.57. The number of aryl methyl sites for hydroxylation is 2. The summed E-state index contributed by atoms with van der Waals surface area (Å²) in [5, 5.41) is 3.48. The van der Waals surface area contributed by atoms with Crippen LogP contribution >= 0.6 is 0 Å². The van der Waals surface area contributed by atoms with Crippen LogP contribution < -0.4 is 5.32 Å². The average molecular weight is 279 g/mol. The first kappa shape index (κ1) is 17.1. The molecule has 114 valence electrons. The number of hydrogen-bond acceptors (Lipinski definition) is 4. The van der Waals surface area contributed by atoms with E-state index in [1.54, 1.807) is 7.11 Å². The molecule has 1 aromatic heterocycles. The second-order valence-electron chi connectivity index (χ2n) is 5.94. The first-order valence-electron chi connectivity index (χ1n) is 7.45. The Labute approximate surface area is 123 Å². The second kappa shape index (κ2) is 7.70. The van der Waals surface area contributed by atoms with Crippen LogP contribution in [0.15, 0.2) is 0 Å². The van der Waals surface area contributed by atoms with Crippen molar-refractivity contribution in [3.05, 3.63) is 22.8 Å². The van der Waals surface area contributed by atoms with Gasteiger partial charge in [0, 0.05) is 37.5 Å². The first-order chi connectivity index (χ1) is 9.35. The SMILES string of the molecule is COC(C)Cc1nc(C)c(C(C)CNC(C)C)c(C)n1. The molecular weight excluding hydrogens is 250 g/mol. The molecule has 0 saturated heterocycles. The highest BCUT2D eigenvalue weighted by molar-refractivity contribution is 5.28. The van der Waals surface area contributed by atoms with Gasteiger partial charge in [0.25, 0.3) is 0 Å². The van der Waals surface area contributed by atoms with Gasteiger partial charge in [-0.05, 0) is 32.3 Å². The molecule has 0 amide bonds. The van der Waals surface area contributed by atoms with Crippen LogP contribution in [0.2, 0.25) is 0 Å². The third-order valence-electron chi connectivity index (χ3n) is 3.57. The predicted octanol–water partition coefficient (Wildman–Crippen LogP) is 2.77. The van der Waals surface area contributed by atoms with Gasteiger partial charge in [0.15, 0.2) is 0 Å². The van der Waals surface area contributed by atoms with Gasteiger partial charge in [0.2, 0.25) is 0 Å². The highest BCUT2D eigenvalue weighted by Gasteiger charge is 2.16. The number of ether oxygens (including phenoxy) is 1. The zero-order chi connectivity index (χ0) is 15.3. The Morgan fingerprint density at radius 2 is 1.60 bits per heavy atom. The van der Waals surface area contributed by atoms with Crippen molar-refractivity contribution in [1.82, 2.24) is 15.3 Å². The van der Waals surface area contributed by atoms with E-state index < -0.39 is 0 Å². The van der Waals surface area contributed by atoms with Gasteiger partial charge in [-0.3, -0.25) is 0 Å². The van der Waals surface area contributed by atoms with Crippen LogP contribution in [-0.2, 0) is 11.2 Å². The molecular formula is C16H29N3O. The Morgan fingerprint density at radius 1 is 1.05 bits per heavy atom. The molecule has 2 unspecified atom stereocenters. The minimum Gasteiger partial charge on any atom is -0.381 e. The molecule has 4 nitrogen and oxygen atoms in total. The molecule has 20 heavy (non-hydrogen) atoms. The summed E-state index contributed by atoms with van der Waals surface area (Å²) in [6.45, 7) is 13.7. The van der Waals surface area contributed by atoms with Crippen LogP contribution in [0.25, 0.3) is 0 Å². The van der Waals surface area contributed by atoms with Gasteiger partial charge in [-0.1, -0.05) is 20.8 Å². The van der Waals surface area contributed by atoms with E-state index in [1.807, 2.05) is 6.92 Å². The molecule has 1 rings (SSSR count). The fraction of sp³-hybridized carbons (Fsp3) is 0.750. The Morgan fingerprint density at radius 3 is 2.05 bits per heavy atom. The van der Waals surface area contributed by atoms with E-state index in [0.29, 0.717) is 12.0 Å². The smallest absolute Gasteiger partial charge is 0.131 e. The molecule has 0 aliphatic heterocycles. The van der Waals surface area contributed by atoms with Gasteiger partial charge in [-0.25, -0.2) is 9.97 Å². The van der Waals surface area contributed by atoms with Gasteiger partial charge < -0.3 is 10.1 Å². The maximum atomic E-state index is 5.29. The monoisotopic (exact) mass is 279 g/mol. The van der Waals surface area contributed by atoms with E-state index in [2.05, 4.69) is 49.9 Å². The molecule has 0 aliphatic rings. The van der Waals surface area contributed by atoms with E-state index in [4.69, 9.17) is 4.74 Å². The lowest BCUT2D eigenvalue weighted by atomic mass is 9.97. The topological polar surface area (TPSA) is 47.0 Å². The average Bonchev–Trinajstić information content (AvgIpc) is 2.35. The molecule has 0 bridgehead atoms. The van der Waals surface area contributed by atoms with Crippen molar-refractivity contribution in [2.24, 2.45) is 0 Å². The largest absolute Gasteiger partial charge is 0.381 e. The highest BCUT2D eigenvalue weighted by Crippen LogP contribution is 2.21. The van der Waals surface area contributed by atoms with Crippen LogP contribution in [0.4, 0.5) is 0 Å². The summed E-state index contributed by atoms with van der Waals surface area (Å²) in [6, 6.07) is 0.501. The second-order valence-corrected chi connectivity index (χ2v) is 5.94. The van der Waals surface area contributed by atoms with Crippen LogP contribution in [0, 0.1) is 13.8 Å². The lowest BCUT2D eigenvalue weighted by molar-refractivity contribution is 0.117. The summed E-state index contributed by atoms with van der Waals surface area (Å²) < 4.78 is 5.29. The Balaban J connectivity index is 2.88. The summed E-state index contributed by atoms with van der Waals surface area (Å²) >= 11 is 0. The van der Waals surface area contributed by atoms with Gasteiger partial charge in [0.1, 0.15) is 5.82 Å². The number of methoxy groups -OCH3 is 1. The van der Waals surface area contributed by atoms with E-state index >= 15 is 0 Å². The van der Waals surface area contributed by atoms with E-state index in [-0.39, 0.29) is 6.10 Å². The Kier molecular flexibility index (Phi) is 6.56. The van der Waals surface area contributed by atoms with Crippen LogP contribution in [0.3, 0.4) is 0 Å². The number of nitrogens with zero attached hydrogens (tertiary/aromatic N) is 2. The molecule has 0 aromatic carbocycles. The molecule has 0 radical (unpaired) electrons. The summed E-state index contributed by atoms with van der Waals surface area (Å²) in [7, 11) is 1.72. The zero-order valence-electron chi connectivity index (χ0n) is 13.9. The Hall–Kier alpha value is -1.00. The standard InChI is InChI=1S/C16H29N3O/c1-10(2)17-9-11(3)16-13(5)18-15(19-14(16)6)8-12(4)20-7/h10-12,17H,8-9H2,1-7H3. The van der Waals surface area contributed by atoms with Crippen molar-refractivity contribution >= 4 is 0 Å². The number of rotatable bonds is 7. The Bertz CT molecular complexity index is 409. The van der Waals surface area contributed by atoms with Crippen LogP contribution in [0.5, 0.6) is 0 Å². The molecule has 0 fully saturated rings. The molecule has 0 aliphatic carbocycles. The van der Waals surface area contributed by atoms with Crippen molar-refractivity contribution in [3.63, 3.8) is 0 Å². The normalized spacial score (nSPS) is 14.6. The maximum Gasteiger partial charge on any atom is 0.131 e. The number of nitrogens with one attached hydrogen (secondary N) is 1. The predicted molar refractivity (Wildman–Crippen MR) is 83.2 cm³/mol. The lowest BCUT2D eigenvalue weighted by Crippen LogP contribution is -2.28. The summed E-state index contributed by atoms with van der Waals surface area (Å²) in [4.78, 5) is 9.30. The van der Waals surface area contributed by atoms with Crippen molar-refractivity contribution in [1.29, 1.82) is 0 Å². The molecule has 2 atom stereocenters. The minimum absolute atomic E-state index is 0.152.